The number of carbonyl (C=O) groups excluding carboxylic acids is 1. The number of nitrogens with zero attached hydrogens (tertiary/aromatic N) is 3. The van der Waals surface area contributed by atoms with Gasteiger partial charge in [-0.25, -0.2) is 9.97 Å². The quantitative estimate of drug-likeness (QED) is 0.540. The minimum atomic E-state index is -0.403. The van der Waals surface area contributed by atoms with Crippen molar-refractivity contribution in [1.82, 2.24) is 19.9 Å². The Balaban J connectivity index is 1.82. The second-order valence-electron chi connectivity index (χ2n) is 5.65. The van der Waals surface area contributed by atoms with Gasteiger partial charge in [0.15, 0.2) is 16.3 Å². The molecule has 7 nitrogen and oxygen atoms in total. The molecule has 2 N–H and O–H groups in total. The second-order valence-corrected chi connectivity index (χ2v) is 6.98. The van der Waals surface area contributed by atoms with Gasteiger partial charge in [-0.1, -0.05) is 23.9 Å². The number of carbonyl (C=O) groups is 1. The van der Waals surface area contributed by atoms with Crippen molar-refractivity contribution in [2.24, 2.45) is 0 Å². The third kappa shape index (κ3) is 3.58. The van der Waals surface area contributed by atoms with Crippen LogP contribution in [0.1, 0.15) is 19.4 Å². The van der Waals surface area contributed by atoms with Gasteiger partial charge in [0.05, 0.1) is 11.6 Å². The summed E-state index contributed by atoms with van der Waals surface area (Å²) >= 11 is 1.21. The average molecular weight is 357 g/mol. The number of thioether (sulfide) groups is 1. The molecule has 0 unspecified atom stereocenters. The normalized spacial score (nSPS) is 12.3. The van der Waals surface area contributed by atoms with E-state index in [1.165, 1.54) is 18.1 Å². The standard InChI is InChI=1S/C17H19N5O2S/c1-4-22(12-7-5-6-10(2)8-12)16(24)11(3)25-17-20-14-13(15(23)21-17)18-9-19-14/h5-9,11H,4H2,1-3H3,(H2,18,19,20,21,23)/t11-/m1/s1. The first kappa shape index (κ1) is 17.2. The monoisotopic (exact) mass is 357 g/mol. The van der Waals surface area contributed by atoms with Crippen LogP contribution in [0.5, 0.6) is 0 Å². The molecule has 25 heavy (non-hydrogen) atoms. The summed E-state index contributed by atoms with van der Waals surface area (Å²) in [5.41, 5.74) is 2.34. The summed E-state index contributed by atoms with van der Waals surface area (Å²) in [6, 6.07) is 7.83. The molecule has 3 rings (SSSR count). The number of hydrogen-bond acceptors (Lipinski definition) is 5. The SMILES string of the molecule is CCN(C(=O)[C@@H](C)Sc1nc2nc[nH]c2c(=O)[nH]1)c1cccc(C)c1. The van der Waals surface area contributed by atoms with Crippen LogP contribution in [-0.2, 0) is 4.79 Å². The number of rotatable bonds is 5. The molecule has 0 saturated carbocycles. The van der Waals surface area contributed by atoms with Crippen LogP contribution < -0.4 is 10.5 Å². The molecule has 8 heteroatoms. The third-order valence-electron chi connectivity index (χ3n) is 3.81. The number of fused-ring (bicyclic) bond motifs is 1. The van der Waals surface area contributed by atoms with Gasteiger partial charge in [-0.2, -0.15) is 0 Å². The number of amides is 1. The predicted molar refractivity (Wildman–Crippen MR) is 99.0 cm³/mol. The average Bonchev–Trinajstić information content (AvgIpc) is 3.04. The van der Waals surface area contributed by atoms with Crippen molar-refractivity contribution < 1.29 is 4.79 Å². The van der Waals surface area contributed by atoms with Crippen molar-refractivity contribution in [3.05, 3.63) is 46.5 Å². The molecule has 0 spiro atoms. The van der Waals surface area contributed by atoms with Crippen molar-refractivity contribution >= 4 is 34.5 Å². The maximum absolute atomic E-state index is 12.9. The second kappa shape index (κ2) is 7.10. The molecule has 0 aliphatic rings. The number of aryl methyl sites for hydroxylation is 1. The van der Waals surface area contributed by atoms with E-state index >= 15 is 0 Å². The molecular formula is C17H19N5O2S. The summed E-state index contributed by atoms with van der Waals surface area (Å²) in [6.07, 6.45) is 1.42. The van der Waals surface area contributed by atoms with E-state index in [0.717, 1.165) is 11.3 Å². The van der Waals surface area contributed by atoms with Crippen LogP contribution in [0.4, 0.5) is 5.69 Å². The van der Waals surface area contributed by atoms with E-state index in [1.54, 1.807) is 11.8 Å². The zero-order valence-corrected chi connectivity index (χ0v) is 15.1. The van der Waals surface area contributed by atoms with E-state index in [4.69, 9.17) is 0 Å². The van der Waals surface area contributed by atoms with E-state index in [-0.39, 0.29) is 11.5 Å². The van der Waals surface area contributed by atoms with Crippen LogP contribution in [0.3, 0.4) is 0 Å². The lowest BCUT2D eigenvalue weighted by Crippen LogP contribution is -2.36. The Hall–Kier alpha value is -2.61. The number of aromatic nitrogens is 4. The van der Waals surface area contributed by atoms with Gasteiger partial charge < -0.3 is 9.88 Å². The fourth-order valence-electron chi connectivity index (χ4n) is 2.58. The molecule has 0 saturated heterocycles. The van der Waals surface area contributed by atoms with Gasteiger partial charge in [-0.05, 0) is 38.5 Å². The highest BCUT2D eigenvalue weighted by Gasteiger charge is 2.23. The topological polar surface area (TPSA) is 94.7 Å². The van der Waals surface area contributed by atoms with Crippen molar-refractivity contribution in [2.45, 2.75) is 31.2 Å². The van der Waals surface area contributed by atoms with E-state index in [2.05, 4.69) is 19.9 Å². The molecule has 1 aromatic carbocycles. The molecule has 1 atom stereocenters. The molecule has 0 bridgehead atoms. The van der Waals surface area contributed by atoms with E-state index in [1.807, 2.05) is 38.1 Å². The third-order valence-corrected chi connectivity index (χ3v) is 4.78. The number of anilines is 1. The minimum absolute atomic E-state index is 0.0390. The largest absolute Gasteiger partial charge is 0.339 e. The summed E-state index contributed by atoms with van der Waals surface area (Å²) in [5, 5.41) is -0.0225. The Kier molecular flexibility index (Phi) is 4.89. The molecule has 2 aromatic heterocycles. The summed E-state index contributed by atoms with van der Waals surface area (Å²) in [7, 11) is 0. The molecular weight excluding hydrogens is 338 g/mol. The molecule has 2 heterocycles. The highest BCUT2D eigenvalue weighted by Crippen LogP contribution is 2.24. The van der Waals surface area contributed by atoms with Gasteiger partial charge in [-0.3, -0.25) is 14.6 Å². The van der Waals surface area contributed by atoms with Gasteiger partial charge in [0.1, 0.15) is 0 Å². The molecule has 3 aromatic rings. The Morgan fingerprint density at radius 2 is 2.20 bits per heavy atom. The van der Waals surface area contributed by atoms with Gasteiger partial charge in [0.25, 0.3) is 5.56 Å². The Morgan fingerprint density at radius 1 is 1.40 bits per heavy atom. The van der Waals surface area contributed by atoms with Crippen LogP contribution in [0.15, 0.2) is 40.5 Å². The van der Waals surface area contributed by atoms with Crippen LogP contribution >= 0.6 is 11.8 Å². The summed E-state index contributed by atoms with van der Waals surface area (Å²) < 4.78 is 0. The van der Waals surface area contributed by atoms with E-state index < -0.39 is 5.25 Å². The maximum atomic E-state index is 12.9. The number of H-pyrrole nitrogens is 2. The zero-order valence-electron chi connectivity index (χ0n) is 14.2. The molecule has 0 aliphatic heterocycles. The highest BCUT2D eigenvalue weighted by atomic mass is 32.2. The Labute approximate surface area is 148 Å². The molecule has 0 radical (unpaired) electrons. The van der Waals surface area contributed by atoms with Crippen LogP contribution in [0, 0.1) is 6.92 Å². The number of hydrogen-bond donors (Lipinski definition) is 2. The van der Waals surface area contributed by atoms with Crippen LogP contribution in [0.25, 0.3) is 11.2 Å². The number of nitrogens with one attached hydrogen (secondary N) is 2. The van der Waals surface area contributed by atoms with Gasteiger partial charge in [0, 0.05) is 12.2 Å². The predicted octanol–water partition coefficient (Wildman–Crippen LogP) is 2.49. The Bertz CT molecular complexity index is 965. The van der Waals surface area contributed by atoms with Gasteiger partial charge in [-0.15, -0.1) is 0 Å². The van der Waals surface area contributed by atoms with Crippen LogP contribution in [-0.4, -0.2) is 37.6 Å². The number of benzene rings is 1. The molecule has 130 valence electrons. The van der Waals surface area contributed by atoms with Crippen molar-refractivity contribution in [3.63, 3.8) is 0 Å². The van der Waals surface area contributed by atoms with Gasteiger partial charge in [0.2, 0.25) is 5.91 Å². The molecule has 1 amide bonds. The highest BCUT2D eigenvalue weighted by molar-refractivity contribution is 8.00. The lowest BCUT2D eigenvalue weighted by atomic mass is 10.2. The first-order valence-electron chi connectivity index (χ1n) is 7.97. The smallest absolute Gasteiger partial charge is 0.277 e. The zero-order chi connectivity index (χ0) is 18.0. The first-order chi connectivity index (χ1) is 12.0. The summed E-state index contributed by atoms with van der Waals surface area (Å²) in [4.78, 5) is 40.3. The van der Waals surface area contributed by atoms with E-state index in [0.29, 0.717) is 22.9 Å². The lowest BCUT2D eigenvalue weighted by molar-refractivity contribution is -0.117. The minimum Gasteiger partial charge on any atom is -0.339 e. The Morgan fingerprint density at radius 3 is 2.92 bits per heavy atom. The fourth-order valence-corrected chi connectivity index (χ4v) is 3.43. The van der Waals surface area contributed by atoms with E-state index in [9.17, 15) is 9.59 Å². The number of aromatic amines is 2. The fraction of sp³-hybridized carbons (Fsp3) is 0.294. The van der Waals surface area contributed by atoms with Crippen LogP contribution in [0.2, 0.25) is 0 Å². The van der Waals surface area contributed by atoms with Crippen molar-refractivity contribution in [2.75, 3.05) is 11.4 Å². The molecule has 0 fully saturated rings. The van der Waals surface area contributed by atoms with Crippen molar-refractivity contribution in [3.8, 4) is 0 Å². The summed E-state index contributed by atoms with van der Waals surface area (Å²) in [5.74, 6) is -0.0390. The maximum Gasteiger partial charge on any atom is 0.277 e. The van der Waals surface area contributed by atoms with Gasteiger partial charge >= 0.3 is 0 Å². The number of imidazole rings is 1. The lowest BCUT2D eigenvalue weighted by Gasteiger charge is -2.24. The molecule has 0 aliphatic carbocycles. The summed E-state index contributed by atoms with van der Waals surface area (Å²) in [6.45, 7) is 6.30. The van der Waals surface area contributed by atoms with Crippen molar-refractivity contribution in [1.29, 1.82) is 0 Å². The first-order valence-corrected chi connectivity index (χ1v) is 8.85.